The van der Waals surface area contributed by atoms with Gasteiger partial charge in [0.05, 0.1) is 0 Å². The number of aliphatic hydroxyl groups is 1. The van der Waals surface area contributed by atoms with E-state index in [0.717, 1.165) is 0 Å². The van der Waals surface area contributed by atoms with E-state index in [1.54, 1.807) is 24.3 Å². The van der Waals surface area contributed by atoms with Crippen molar-refractivity contribution in [3.8, 4) is 0 Å². The van der Waals surface area contributed by atoms with Crippen molar-refractivity contribution in [1.29, 1.82) is 0 Å². The van der Waals surface area contributed by atoms with Crippen molar-refractivity contribution in [1.82, 2.24) is 10.6 Å². The monoisotopic (exact) mass is 293 g/mol. The topological polar surface area (TPSA) is 90.5 Å². The first-order valence-electron chi connectivity index (χ1n) is 7.07. The number of anilines is 1. The highest BCUT2D eigenvalue weighted by molar-refractivity contribution is 5.95. The van der Waals surface area contributed by atoms with Crippen molar-refractivity contribution in [3.63, 3.8) is 0 Å². The molecule has 0 atom stereocenters. The van der Waals surface area contributed by atoms with E-state index >= 15 is 0 Å². The third kappa shape index (κ3) is 6.76. The molecule has 6 nitrogen and oxygen atoms in total. The summed E-state index contributed by atoms with van der Waals surface area (Å²) in [7, 11) is 0. The normalized spacial score (nSPS) is 10.3. The van der Waals surface area contributed by atoms with Crippen LogP contribution in [0.15, 0.2) is 24.3 Å². The number of benzene rings is 1. The molecule has 1 rings (SSSR count). The van der Waals surface area contributed by atoms with E-state index in [1.807, 2.05) is 13.8 Å². The van der Waals surface area contributed by atoms with Crippen LogP contribution in [-0.4, -0.2) is 36.7 Å². The van der Waals surface area contributed by atoms with Crippen LogP contribution >= 0.6 is 0 Å². The first-order valence-corrected chi connectivity index (χ1v) is 7.07. The number of nitrogens with one attached hydrogen (secondary N) is 3. The second-order valence-electron chi connectivity index (χ2n) is 5.14. The van der Waals surface area contributed by atoms with Gasteiger partial charge in [-0.3, -0.25) is 4.79 Å². The quantitative estimate of drug-likeness (QED) is 0.575. The van der Waals surface area contributed by atoms with Crippen LogP contribution in [0.1, 0.15) is 30.6 Å². The molecule has 6 heteroatoms. The molecular weight excluding hydrogens is 270 g/mol. The molecule has 3 amide bonds. The molecule has 21 heavy (non-hydrogen) atoms. The number of aliphatic hydroxyl groups excluding tert-OH is 1. The predicted octanol–water partition coefficient (Wildman–Crippen LogP) is 1.58. The summed E-state index contributed by atoms with van der Waals surface area (Å²) in [6.07, 6.45) is 0.516. The third-order valence-corrected chi connectivity index (χ3v) is 2.70. The zero-order chi connectivity index (χ0) is 15.7. The Hall–Kier alpha value is -2.08. The second-order valence-corrected chi connectivity index (χ2v) is 5.14. The van der Waals surface area contributed by atoms with E-state index in [9.17, 15) is 9.59 Å². The van der Waals surface area contributed by atoms with Gasteiger partial charge in [0.25, 0.3) is 5.91 Å². The summed E-state index contributed by atoms with van der Waals surface area (Å²) in [6.45, 7) is 5.15. The molecule has 1 aromatic carbocycles. The lowest BCUT2D eigenvalue weighted by Crippen LogP contribution is -2.30. The number of hydrogen-bond donors (Lipinski definition) is 4. The van der Waals surface area contributed by atoms with Crippen LogP contribution in [0.5, 0.6) is 0 Å². The number of urea groups is 1. The summed E-state index contributed by atoms with van der Waals surface area (Å²) in [5.41, 5.74) is 1.17. The molecule has 0 unspecified atom stereocenters. The van der Waals surface area contributed by atoms with E-state index in [4.69, 9.17) is 5.11 Å². The SMILES string of the molecule is CC(C)CNC(=O)c1ccc(NC(=O)NCCCO)cc1. The van der Waals surface area contributed by atoms with Crippen LogP contribution in [0, 0.1) is 5.92 Å². The Morgan fingerprint density at radius 3 is 2.38 bits per heavy atom. The number of hydrogen-bond acceptors (Lipinski definition) is 3. The van der Waals surface area contributed by atoms with Crippen LogP contribution in [0.2, 0.25) is 0 Å². The fraction of sp³-hybridized carbons (Fsp3) is 0.467. The summed E-state index contributed by atoms with van der Waals surface area (Å²) < 4.78 is 0. The van der Waals surface area contributed by atoms with Crippen LogP contribution in [0.25, 0.3) is 0 Å². The van der Waals surface area contributed by atoms with Gasteiger partial charge in [-0.2, -0.15) is 0 Å². The summed E-state index contributed by atoms with van der Waals surface area (Å²) in [5, 5.41) is 16.7. The smallest absolute Gasteiger partial charge is 0.319 e. The molecule has 0 bridgehead atoms. The molecule has 0 saturated carbocycles. The minimum Gasteiger partial charge on any atom is -0.396 e. The number of carbonyl (C=O) groups is 2. The van der Waals surface area contributed by atoms with Gasteiger partial charge in [0.1, 0.15) is 0 Å². The first kappa shape index (κ1) is 17.0. The van der Waals surface area contributed by atoms with Gasteiger partial charge in [-0.15, -0.1) is 0 Å². The molecule has 0 aliphatic carbocycles. The van der Waals surface area contributed by atoms with E-state index in [1.165, 1.54) is 0 Å². The lowest BCUT2D eigenvalue weighted by Gasteiger charge is -2.09. The van der Waals surface area contributed by atoms with Gasteiger partial charge in [0.15, 0.2) is 0 Å². The Kier molecular flexibility index (Phi) is 7.25. The van der Waals surface area contributed by atoms with Crippen LogP contribution < -0.4 is 16.0 Å². The average molecular weight is 293 g/mol. The minimum atomic E-state index is -0.333. The molecule has 1 aromatic rings. The Morgan fingerprint density at radius 1 is 1.14 bits per heavy atom. The largest absolute Gasteiger partial charge is 0.396 e. The maximum Gasteiger partial charge on any atom is 0.319 e. The lowest BCUT2D eigenvalue weighted by atomic mass is 10.1. The Morgan fingerprint density at radius 2 is 1.81 bits per heavy atom. The Bertz CT molecular complexity index is 458. The molecule has 0 spiro atoms. The molecule has 0 aromatic heterocycles. The van der Waals surface area contributed by atoms with Crippen molar-refractivity contribution < 1.29 is 14.7 Å². The van der Waals surface area contributed by atoms with Crippen molar-refractivity contribution in [2.75, 3.05) is 25.0 Å². The first-order chi connectivity index (χ1) is 10.0. The van der Waals surface area contributed by atoms with Gasteiger partial charge in [-0.1, -0.05) is 13.8 Å². The Balaban J connectivity index is 2.46. The Labute approximate surface area is 124 Å². The van der Waals surface area contributed by atoms with Gasteiger partial charge >= 0.3 is 6.03 Å². The fourth-order valence-corrected chi connectivity index (χ4v) is 1.56. The number of carbonyl (C=O) groups excluding carboxylic acids is 2. The molecule has 0 radical (unpaired) electrons. The van der Waals surface area contributed by atoms with Gasteiger partial charge in [-0.25, -0.2) is 4.79 Å². The van der Waals surface area contributed by atoms with Crippen molar-refractivity contribution >= 4 is 17.6 Å². The van der Waals surface area contributed by atoms with E-state index < -0.39 is 0 Å². The number of rotatable bonds is 7. The number of amides is 3. The molecular formula is C15H23N3O3. The van der Waals surface area contributed by atoms with E-state index in [2.05, 4.69) is 16.0 Å². The minimum absolute atomic E-state index is 0.0421. The second kappa shape index (κ2) is 8.97. The van der Waals surface area contributed by atoms with Crippen molar-refractivity contribution in [2.24, 2.45) is 5.92 Å². The zero-order valence-electron chi connectivity index (χ0n) is 12.5. The van der Waals surface area contributed by atoms with Crippen molar-refractivity contribution in [2.45, 2.75) is 20.3 Å². The molecule has 0 heterocycles. The molecule has 116 valence electrons. The summed E-state index contributed by atoms with van der Waals surface area (Å²) in [6, 6.07) is 6.35. The van der Waals surface area contributed by atoms with Crippen LogP contribution in [0.3, 0.4) is 0 Å². The molecule has 0 saturated heterocycles. The molecule has 4 N–H and O–H groups in total. The van der Waals surface area contributed by atoms with Crippen LogP contribution in [-0.2, 0) is 0 Å². The van der Waals surface area contributed by atoms with Gasteiger partial charge in [-0.05, 0) is 36.6 Å². The highest BCUT2D eigenvalue weighted by Crippen LogP contribution is 2.09. The molecule has 0 aliphatic rings. The lowest BCUT2D eigenvalue weighted by molar-refractivity contribution is 0.0949. The highest BCUT2D eigenvalue weighted by Gasteiger charge is 2.06. The van der Waals surface area contributed by atoms with Crippen LogP contribution in [0.4, 0.5) is 10.5 Å². The van der Waals surface area contributed by atoms with E-state index in [-0.39, 0.29) is 18.5 Å². The molecule has 0 aliphatic heterocycles. The summed E-state index contributed by atoms with van der Waals surface area (Å²) in [4.78, 5) is 23.3. The molecule has 0 fully saturated rings. The highest BCUT2D eigenvalue weighted by atomic mass is 16.3. The summed E-state index contributed by atoms with van der Waals surface area (Å²) in [5.74, 6) is 0.278. The van der Waals surface area contributed by atoms with Crippen molar-refractivity contribution in [3.05, 3.63) is 29.8 Å². The van der Waals surface area contributed by atoms with Gasteiger partial charge in [0.2, 0.25) is 0 Å². The fourth-order valence-electron chi connectivity index (χ4n) is 1.56. The predicted molar refractivity (Wildman–Crippen MR) is 82.3 cm³/mol. The average Bonchev–Trinajstić information content (AvgIpc) is 2.45. The maximum absolute atomic E-state index is 11.8. The summed E-state index contributed by atoms with van der Waals surface area (Å²) >= 11 is 0. The zero-order valence-corrected chi connectivity index (χ0v) is 12.5. The van der Waals surface area contributed by atoms with E-state index in [0.29, 0.717) is 36.7 Å². The maximum atomic E-state index is 11.8. The standard InChI is InChI=1S/C15H23N3O3/c1-11(2)10-17-14(20)12-4-6-13(7-5-12)18-15(21)16-8-3-9-19/h4-7,11,19H,3,8-10H2,1-2H3,(H,17,20)(H2,16,18,21). The van der Waals surface area contributed by atoms with Gasteiger partial charge < -0.3 is 21.1 Å². The van der Waals surface area contributed by atoms with Gasteiger partial charge in [0, 0.05) is 30.9 Å². The third-order valence-electron chi connectivity index (χ3n) is 2.70.